The van der Waals surface area contributed by atoms with Gasteiger partial charge in [-0.25, -0.2) is 4.79 Å². The number of benzene rings is 2. The number of hydrogen-bond acceptors (Lipinski definition) is 2. The first-order valence-electron chi connectivity index (χ1n) is 6.38. The number of rotatable bonds is 5. The van der Waals surface area contributed by atoms with Crippen molar-refractivity contribution in [2.24, 2.45) is 0 Å². The van der Waals surface area contributed by atoms with Gasteiger partial charge in [0.1, 0.15) is 0 Å². The van der Waals surface area contributed by atoms with Gasteiger partial charge in [-0.2, -0.15) is 0 Å². The highest BCUT2D eigenvalue weighted by Gasteiger charge is 2.17. The summed E-state index contributed by atoms with van der Waals surface area (Å²) in [6.07, 6.45) is 0.773. The fourth-order valence-electron chi connectivity index (χ4n) is 2.03. The Morgan fingerprint density at radius 3 is 2.18 bits per heavy atom. The van der Waals surface area contributed by atoms with Crippen LogP contribution in [0.4, 0.5) is 0 Å². The second-order valence-electron chi connectivity index (χ2n) is 4.67. The molecule has 0 aliphatic rings. The maximum Gasteiger partial charge on any atom is 0.338 e. The fourth-order valence-corrected chi connectivity index (χ4v) is 2.89. The second-order valence-corrected chi connectivity index (χ2v) is 5.92. The molecule has 1 N–H and O–H groups in total. The molecule has 0 saturated carbocycles. The van der Waals surface area contributed by atoms with E-state index in [1.165, 1.54) is 12.1 Å². The zero-order valence-corrected chi connectivity index (χ0v) is 13.5. The minimum Gasteiger partial charge on any atom is -0.478 e. The van der Waals surface area contributed by atoms with Gasteiger partial charge in [-0.15, -0.1) is 0 Å². The molecule has 0 fully saturated rings. The third-order valence-electron chi connectivity index (χ3n) is 3.11. The Hall–Kier alpha value is -1.55. The maximum absolute atomic E-state index is 12.2. The van der Waals surface area contributed by atoms with Crippen molar-refractivity contribution in [1.29, 1.82) is 0 Å². The Morgan fingerprint density at radius 1 is 1.00 bits per heavy atom. The van der Waals surface area contributed by atoms with Crippen molar-refractivity contribution >= 4 is 46.6 Å². The average Bonchev–Trinajstić information content (AvgIpc) is 2.43. The molecule has 0 spiro atoms. The van der Waals surface area contributed by atoms with Crippen LogP contribution >= 0.6 is 34.8 Å². The monoisotopic (exact) mass is 356 g/mol. The van der Waals surface area contributed by atoms with Crippen LogP contribution in [0.25, 0.3) is 0 Å². The molecule has 0 bridgehead atoms. The fraction of sp³-hybridized carbons (Fsp3) is 0.125. The minimum absolute atomic E-state index is 0.0499. The number of Topliss-reactive ketones (excluding diaryl/α,β-unsaturated/α-hetero) is 1. The molecule has 0 heterocycles. The van der Waals surface area contributed by atoms with Crippen LogP contribution in [0, 0.1) is 0 Å². The summed E-state index contributed by atoms with van der Waals surface area (Å²) in [7, 11) is 0. The Bertz CT molecular complexity index is 718. The van der Waals surface area contributed by atoms with E-state index in [1.54, 1.807) is 12.1 Å². The van der Waals surface area contributed by atoms with Crippen molar-refractivity contribution in [2.45, 2.75) is 12.8 Å². The molecular weight excluding hydrogens is 347 g/mol. The van der Waals surface area contributed by atoms with Crippen molar-refractivity contribution in [3.05, 3.63) is 68.2 Å². The highest BCUT2D eigenvalue weighted by molar-refractivity contribution is 6.39. The number of hydrogen-bond donors (Lipinski definition) is 1. The van der Waals surface area contributed by atoms with Gasteiger partial charge < -0.3 is 5.11 Å². The van der Waals surface area contributed by atoms with Crippen molar-refractivity contribution in [3.63, 3.8) is 0 Å². The molecule has 0 aliphatic carbocycles. The van der Waals surface area contributed by atoms with E-state index in [0.717, 1.165) is 5.56 Å². The number of aromatic carboxylic acids is 1. The maximum atomic E-state index is 12.2. The molecule has 22 heavy (non-hydrogen) atoms. The van der Waals surface area contributed by atoms with E-state index >= 15 is 0 Å². The molecule has 2 aromatic carbocycles. The van der Waals surface area contributed by atoms with Crippen LogP contribution < -0.4 is 0 Å². The predicted molar refractivity (Wildman–Crippen MR) is 87.5 cm³/mol. The molecule has 0 amide bonds. The SMILES string of the molecule is O=C(CCc1cccc(Cl)c1)c1cc(Cl)c(C(=O)O)c(Cl)c1. The van der Waals surface area contributed by atoms with Crippen molar-refractivity contribution in [1.82, 2.24) is 0 Å². The highest BCUT2D eigenvalue weighted by Crippen LogP contribution is 2.27. The molecule has 0 saturated heterocycles. The zero-order chi connectivity index (χ0) is 16.3. The predicted octanol–water partition coefficient (Wildman–Crippen LogP) is 5.16. The van der Waals surface area contributed by atoms with Gasteiger partial charge in [-0.1, -0.05) is 46.9 Å². The van der Waals surface area contributed by atoms with Crippen LogP contribution in [-0.2, 0) is 6.42 Å². The first-order chi connectivity index (χ1) is 10.4. The standard InChI is InChI=1S/C16H11Cl3O3/c17-11-3-1-2-9(6-11)4-5-14(20)10-7-12(18)15(16(21)22)13(19)8-10/h1-3,6-8H,4-5H2,(H,21,22). The number of carbonyl (C=O) groups excluding carboxylic acids is 1. The van der Waals surface area contributed by atoms with E-state index in [0.29, 0.717) is 17.0 Å². The van der Waals surface area contributed by atoms with Gasteiger partial charge >= 0.3 is 5.97 Å². The van der Waals surface area contributed by atoms with E-state index < -0.39 is 5.97 Å². The molecule has 2 aromatic rings. The minimum atomic E-state index is -1.23. The van der Waals surface area contributed by atoms with Crippen LogP contribution in [0.2, 0.25) is 15.1 Å². The van der Waals surface area contributed by atoms with E-state index in [2.05, 4.69) is 0 Å². The van der Waals surface area contributed by atoms with Gasteiger partial charge in [0.25, 0.3) is 0 Å². The Labute approximate surface area is 142 Å². The van der Waals surface area contributed by atoms with Gasteiger partial charge in [0.2, 0.25) is 0 Å². The Kier molecular flexibility index (Phi) is 5.46. The van der Waals surface area contributed by atoms with E-state index in [-0.39, 0.29) is 27.8 Å². The largest absolute Gasteiger partial charge is 0.478 e. The van der Waals surface area contributed by atoms with Gasteiger partial charge in [-0.05, 0) is 36.2 Å². The van der Waals surface area contributed by atoms with Crippen molar-refractivity contribution < 1.29 is 14.7 Å². The quantitative estimate of drug-likeness (QED) is 0.752. The molecule has 2 rings (SSSR count). The van der Waals surface area contributed by atoms with Crippen LogP contribution in [0.1, 0.15) is 32.7 Å². The molecule has 0 aliphatic heterocycles. The normalized spacial score (nSPS) is 10.5. The summed E-state index contributed by atoms with van der Waals surface area (Å²) in [5.41, 5.74) is 1.04. The zero-order valence-electron chi connectivity index (χ0n) is 11.3. The van der Waals surface area contributed by atoms with E-state index in [4.69, 9.17) is 39.9 Å². The number of carbonyl (C=O) groups is 2. The number of aryl methyl sites for hydroxylation is 1. The molecule has 0 atom stereocenters. The topological polar surface area (TPSA) is 54.4 Å². The third-order valence-corrected chi connectivity index (χ3v) is 3.94. The summed E-state index contributed by atoms with van der Waals surface area (Å²) >= 11 is 17.6. The smallest absolute Gasteiger partial charge is 0.338 e. The molecule has 0 radical (unpaired) electrons. The molecule has 6 heteroatoms. The van der Waals surface area contributed by atoms with Crippen LogP contribution in [0.5, 0.6) is 0 Å². The summed E-state index contributed by atoms with van der Waals surface area (Å²) < 4.78 is 0. The number of halogens is 3. The van der Waals surface area contributed by atoms with Crippen molar-refractivity contribution in [3.8, 4) is 0 Å². The number of carboxylic acids is 1. The van der Waals surface area contributed by atoms with Crippen LogP contribution in [0.15, 0.2) is 36.4 Å². The lowest BCUT2D eigenvalue weighted by Gasteiger charge is -2.07. The van der Waals surface area contributed by atoms with Gasteiger partial charge in [0.05, 0.1) is 15.6 Å². The average molecular weight is 358 g/mol. The van der Waals surface area contributed by atoms with Gasteiger partial charge in [0, 0.05) is 17.0 Å². The third kappa shape index (κ3) is 4.01. The molecular formula is C16H11Cl3O3. The molecule has 3 nitrogen and oxygen atoms in total. The highest BCUT2D eigenvalue weighted by atomic mass is 35.5. The number of ketones is 1. The summed E-state index contributed by atoms with van der Waals surface area (Å²) in [6.45, 7) is 0. The summed E-state index contributed by atoms with van der Waals surface area (Å²) in [4.78, 5) is 23.2. The Balaban J connectivity index is 2.15. The lowest BCUT2D eigenvalue weighted by Crippen LogP contribution is -2.05. The van der Waals surface area contributed by atoms with Gasteiger partial charge in [-0.3, -0.25) is 4.79 Å². The lowest BCUT2D eigenvalue weighted by molar-refractivity contribution is 0.0696. The van der Waals surface area contributed by atoms with Gasteiger partial charge in [0.15, 0.2) is 5.78 Å². The summed E-state index contributed by atoms with van der Waals surface area (Å²) in [6, 6.07) is 9.91. The first kappa shape index (κ1) is 16.8. The Morgan fingerprint density at radius 2 is 1.64 bits per heavy atom. The first-order valence-corrected chi connectivity index (χ1v) is 7.52. The van der Waals surface area contributed by atoms with Crippen LogP contribution in [-0.4, -0.2) is 16.9 Å². The summed E-state index contributed by atoms with van der Waals surface area (Å²) in [5.74, 6) is -1.39. The second kappa shape index (κ2) is 7.14. The number of carboxylic acid groups (broad SMARTS) is 1. The van der Waals surface area contributed by atoms with Crippen LogP contribution in [0.3, 0.4) is 0 Å². The molecule has 114 valence electrons. The van der Waals surface area contributed by atoms with E-state index in [9.17, 15) is 9.59 Å². The molecule has 0 unspecified atom stereocenters. The lowest BCUT2D eigenvalue weighted by atomic mass is 10.0. The van der Waals surface area contributed by atoms with E-state index in [1.807, 2.05) is 12.1 Å². The molecule has 0 aromatic heterocycles. The summed E-state index contributed by atoms with van der Waals surface area (Å²) in [5, 5.41) is 9.50. The van der Waals surface area contributed by atoms with Crippen molar-refractivity contribution in [2.75, 3.05) is 0 Å².